The second-order valence-corrected chi connectivity index (χ2v) is 4.64. The van der Waals surface area contributed by atoms with Gasteiger partial charge in [-0.25, -0.2) is 4.68 Å². The minimum absolute atomic E-state index is 0.145. The van der Waals surface area contributed by atoms with Gasteiger partial charge in [-0.1, -0.05) is 17.7 Å². The molecule has 0 aliphatic carbocycles. The molecule has 0 fully saturated rings. The number of aryl methyl sites for hydroxylation is 1. The Labute approximate surface area is 121 Å². The highest BCUT2D eigenvalue weighted by molar-refractivity contribution is 6.30. The summed E-state index contributed by atoms with van der Waals surface area (Å²) in [6.45, 7) is 0.934. The molecular formula is C14H14ClN3O2. The molecule has 0 atom stereocenters. The molecule has 0 unspecified atom stereocenters. The standard InChI is InChI=1S/C14H14ClN3O2/c15-12-5-1-4-11(10-12)14(20)16-7-3-9-18-13(19)6-2-8-17-18/h1-2,4-6,8,10H,3,7,9H2,(H,16,20). The van der Waals surface area contributed by atoms with Gasteiger partial charge in [-0.15, -0.1) is 0 Å². The summed E-state index contributed by atoms with van der Waals surface area (Å²) in [7, 11) is 0. The molecule has 1 heterocycles. The number of halogens is 1. The van der Waals surface area contributed by atoms with Crippen molar-refractivity contribution in [2.75, 3.05) is 6.54 Å². The molecule has 0 aliphatic heterocycles. The second-order valence-electron chi connectivity index (χ2n) is 4.20. The summed E-state index contributed by atoms with van der Waals surface area (Å²) in [6.07, 6.45) is 2.19. The second kappa shape index (κ2) is 6.86. The molecule has 2 rings (SSSR count). The summed E-state index contributed by atoms with van der Waals surface area (Å²) in [5.74, 6) is -0.180. The summed E-state index contributed by atoms with van der Waals surface area (Å²) < 4.78 is 1.37. The molecule has 0 saturated heterocycles. The zero-order valence-corrected chi connectivity index (χ0v) is 11.5. The Balaban J connectivity index is 1.80. The van der Waals surface area contributed by atoms with E-state index < -0.39 is 0 Å². The number of carbonyl (C=O) groups is 1. The van der Waals surface area contributed by atoms with Crippen LogP contribution in [0.2, 0.25) is 5.02 Å². The topological polar surface area (TPSA) is 64.0 Å². The van der Waals surface area contributed by atoms with Gasteiger partial charge in [-0.3, -0.25) is 9.59 Å². The molecule has 1 N–H and O–H groups in total. The van der Waals surface area contributed by atoms with E-state index in [0.717, 1.165) is 0 Å². The van der Waals surface area contributed by atoms with Crippen LogP contribution in [-0.2, 0) is 6.54 Å². The maximum atomic E-state index is 11.8. The van der Waals surface area contributed by atoms with E-state index in [1.807, 2.05) is 0 Å². The van der Waals surface area contributed by atoms with Gasteiger partial charge in [0.1, 0.15) is 0 Å². The minimum atomic E-state index is -0.180. The maximum Gasteiger partial charge on any atom is 0.266 e. The van der Waals surface area contributed by atoms with E-state index in [-0.39, 0.29) is 11.5 Å². The third kappa shape index (κ3) is 3.93. The van der Waals surface area contributed by atoms with Crippen LogP contribution in [-0.4, -0.2) is 22.2 Å². The lowest BCUT2D eigenvalue weighted by Gasteiger charge is -2.06. The van der Waals surface area contributed by atoms with Gasteiger partial charge in [-0.2, -0.15) is 5.10 Å². The Morgan fingerprint density at radius 3 is 2.90 bits per heavy atom. The van der Waals surface area contributed by atoms with E-state index in [4.69, 9.17) is 11.6 Å². The first-order valence-electron chi connectivity index (χ1n) is 6.23. The van der Waals surface area contributed by atoms with Crippen molar-refractivity contribution in [1.82, 2.24) is 15.1 Å². The van der Waals surface area contributed by atoms with Gasteiger partial charge in [0.05, 0.1) is 0 Å². The van der Waals surface area contributed by atoms with Gasteiger partial charge >= 0.3 is 0 Å². The number of hydrogen-bond donors (Lipinski definition) is 1. The molecule has 1 aromatic carbocycles. The normalized spacial score (nSPS) is 10.2. The molecule has 104 valence electrons. The molecule has 2 aromatic rings. The first-order chi connectivity index (χ1) is 9.66. The predicted octanol–water partition coefficient (Wildman–Crippen LogP) is 1.72. The van der Waals surface area contributed by atoms with Crippen molar-refractivity contribution in [3.05, 3.63) is 63.5 Å². The SMILES string of the molecule is O=C(NCCCn1ncccc1=O)c1cccc(Cl)c1. The number of carbonyl (C=O) groups excluding carboxylic acids is 1. The number of aromatic nitrogens is 2. The largest absolute Gasteiger partial charge is 0.352 e. The summed E-state index contributed by atoms with van der Waals surface area (Å²) in [5.41, 5.74) is 0.376. The lowest BCUT2D eigenvalue weighted by Crippen LogP contribution is -2.27. The van der Waals surface area contributed by atoms with E-state index in [1.165, 1.54) is 10.7 Å². The van der Waals surface area contributed by atoms with Gasteiger partial charge in [0.25, 0.3) is 11.5 Å². The van der Waals surface area contributed by atoms with Gasteiger partial charge < -0.3 is 5.32 Å². The smallest absolute Gasteiger partial charge is 0.266 e. The lowest BCUT2D eigenvalue weighted by molar-refractivity contribution is 0.0952. The average Bonchev–Trinajstić information content (AvgIpc) is 2.45. The van der Waals surface area contributed by atoms with E-state index in [9.17, 15) is 9.59 Å². The van der Waals surface area contributed by atoms with E-state index in [0.29, 0.717) is 30.1 Å². The predicted molar refractivity (Wildman–Crippen MR) is 76.9 cm³/mol. The Hall–Kier alpha value is -2.14. The Kier molecular flexibility index (Phi) is 4.90. The lowest BCUT2D eigenvalue weighted by atomic mass is 10.2. The molecule has 5 nitrogen and oxygen atoms in total. The molecule has 0 saturated carbocycles. The number of nitrogens with zero attached hydrogens (tertiary/aromatic N) is 2. The van der Waals surface area contributed by atoms with E-state index in [1.54, 1.807) is 36.5 Å². The molecule has 0 bridgehead atoms. The quantitative estimate of drug-likeness (QED) is 0.853. The van der Waals surface area contributed by atoms with Gasteiger partial charge in [0.2, 0.25) is 0 Å². The van der Waals surface area contributed by atoms with Crippen LogP contribution >= 0.6 is 11.6 Å². The summed E-state index contributed by atoms with van der Waals surface area (Å²) >= 11 is 5.82. The Bertz CT molecular complexity index is 655. The van der Waals surface area contributed by atoms with Crippen molar-refractivity contribution < 1.29 is 4.79 Å². The van der Waals surface area contributed by atoms with Crippen molar-refractivity contribution in [2.24, 2.45) is 0 Å². The summed E-state index contributed by atoms with van der Waals surface area (Å²) in [6, 6.07) is 9.80. The number of rotatable bonds is 5. The van der Waals surface area contributed by atoms with Crippen LogP contribution in [0.4, 0.5) is 0 Å². The monoisotopic (exact) mass is 291 g/mol. The van der Waals surface area contributed by atoms with Gasteiger partial charge in [0, 0.05) is 35.9 Å². The van der Waals surface area contributed by atoms with Gasteiger partial charge in [0.15, 0.2) is 0 Å². The molecular weight excluding hydrogens is 278 g/mol. The van der Waals surface area contributed by atoms with Crippen LogP contribution in [0.15, 0.2) is 47.4 Å². The first-order valence-corrected chi connectivity index (χ1v) is 6.60. The molecule has 1 amide bonds. The average molecular weight is 292 g/mol. The number of nitrogens with one attached hydrogen (secondary N) is 1. The molecule has 0 radical (unpaired) electrons. The zero-order chi connectivity index (χ0) is 14.4. The fraction of sp³-hybridized carbons (Fsp3) is 0.214. The first kappa shape index (κ1) is 14.3. The van der Waals surface area contributed by atoms with E-state index >= 15 is 0 Å². The van der Waals surface area contributed by atoms with Crippen LogP contribution in [0.25, 0.3) is 0 Å². The highest BCUT2D eigenvalue weighted by Crippen LogP contribution is 2.10. The van der Waals surface area contributed by atoms with Crippen molar-refractivity contribution >= 4 is 17.5 Å². The molecule has 0 spiro atoms. The van der Waals surface area contributed by atoms with Crippen LogP contribution in [0, 0.1) is 0 Å². The summed E-state index contributed by atoms with van der Waals surface area (Å²) in [4.78, 5) is 23.2. The third-order valence-corrected chi connectivity index (χ3v) is 2.94. The van der Waals surface area contributed by atoms with Crippen LogP contribution in [0.1, 0.15) is 16.8 Å². The maximum absolute atomic E-state index is 11.8. The molecule has 1 aromatic heterocycles. The van der Waals surface area contributed by atoms with Crippen LogP contribution in [0.5, 0.6) is 0 Å². The summed E-state index contributed by atoms with van der Waals surface area (Å²) in [5, 5.41) is 7.24. The van der Waals surface area contributed by atoms with Crippen molar-refractivity contribution in [3.63, 3.8) is 0 Å². The number of hydrogen-bond acceptors (Lipinski definition) is 3. The minimum Gasteiger partial charge on any atom is -0.352 e. The van der Waals surface area contributed by atoms with Crippen molar-refractivity contribution in [1.29, 1.82) is 0 Å². The molecule has 6 heteroatoms. The van der Waals surface area contributed by atoms with Gasteiger partial charge in [-0.05, 0) is 30.7 Å². The highest BCUT2D eigenvalue weighted by atomic mass is 35.5. The highest BCUT2D eigenvalue weighted by Gasteiger charge is 2.05. The fourth-order valence-corrected chi connectivity index (χ4v) is 1.91. The number of amides is 1. The molecule has 0 aliphatic rings. The van der Waals surface area contributed by atoms with E-state index in [2.05, 4.69) is 10.4 Å². The van der Waals surface area contributed by atoms with Crippen LogP contribution in [0.3, 0.4) is 0 Å². The van der Waals surface area contributed by atoms with Crippen molar-refractivity contribution in [2.45, 2.75) is 13.0 Å². The third-order valence-electron chi connectivity index (χ3n) is 2.70. The molecule has 20 heavy (non-hydrogen) atoms. The van der Waals surface area contributed by atoms with Crippen LogP contribution < -0.4 is 10.9 Å². The Morgan fingerprint density at radius 1 is 1.30 bits per heavy atom. The fourth-order valence-electron chi connectivity index (χ4n) is 1.72. The number of benzene rings is 1. The van der Waals surface area contributed by atoms with Crippen molar-refractivity contribution in [3.8, 4) is 0 Å². The Morgan fingerprint density at radius 2 is 2.15 bits per heavy atom. The zero-order valence-electron chi connectivity index (χ0n) is 10.8.